The molecule has 9 nitrogen and oxygen atoms in total. The number of carbonyl (C=O) groups is 1. The lowest BCUT2D eigenvalue weighted by atomic mass is 10.0. The van der Waals surface area contributed by atoms with Crippen LogP contribution in [-0.2, 0) is 9.47 Å². The molecule has 1 aliphatic carbocycles. The van der Waals surface area contributed by atoms with Gasteiger partial charge in [-0.25, -0.2) is 4.98 Å². The van der Waals surface area contributed by atoms with Crippen molar-refractivity contribution in [2.24, 2.45) is 5.92 Å². The second-order valence-corrected chi connectivity index (χ2v) is 10.2. The van der Waals surface area contributed by atoms with Crippen molar-refractivity contribution in [3.8, 4) is 11.1 Å². The zero-order chi connectivity index (χ0) is 24.5. The summed E-state index contributed by atoms with van der Waals surface area (Å²) in [4.78, 5) is 17.6. The first kappa shape index (κ1) is 23.2. The summed E-state index contributed by atoms with van der Waals surface area (Å²) in [7, 11) is 0. The van der Waals surface area contributed by atoms with Gasteiger partial charge in [0, 0.05) is 49.6 Å². The predicted octanol–water partition coefficient (Wildman–Crippen LogP) is 3.64. The highest BCUT2D eigenvalue weighted by Gasteiger charge is 2.25. The average molecular weight is 491 g/mol. The Morgan fingerprint density at radius 1 is 1.06 bits per heavy atom. The largest absolute Gasteiger partial charge is 0.381 e. The highest BCUT2D eigenvalue weighted by molar-refractivity contribution is 5.97. The summed E-state index contributed by atoms with van der Waals surface area (Å²) in [6.07, 6.45) is 7.11. The maximum atomic E-state index is 12.6. The van der Waals surface area contributed by atoms with Gasteiger partial charge in [-0.3, -0.25) is 4.79 Å². The van der Waals surface area contributed by atoms with E-state index < -0.39 is 0 Å². The normalized spacial score (nSPS) is 20.5. The Bertz CT molecular complexity index is 1240. The van der Waals surface area contributed by atoms with Crippen molar-refractivity contribution in [1.29, 1.82) is 0 Å². The molecule has 4 heterocycles. The van der Waals surface area contributed by atoms with Crippen LogP contribution in [-0.4, -0.2) is 65.6 Å². The molecule has 190 valence electrons. The molecule has 1 aromatic carbocycles. The van der Waals surface area contributed by atoms with Crippen LogP contribution in [0.5, 0.6) is 0 Å². The molecule has 1 unspecified atom stereocenters. The summed E-state index contributed by atoms with van der Waals surface area (Å²) >= 11 is 0. The number of hydrogen-bond acceptors (Lipinski definition) is 7. The highest BCUT2D eigenvalue weighted by Crippen LogP contribution is 2.30. The van der Waals surface area contributed by atoms with Gasteiger partial charge < -0.3 is 25.4 Å². The summed E-state index contributed by atoms with van der Waals surface area (Å²) < 4.78 is 13.0. The van der Waals surface area contributed by atoms with E-state index >= 15 is 0 Å². The average Bonchev–Trinajstić information content (AvgIpc) is 3.36. The summed E-state index contributed by atoms with van der Waals surface area (Å²) in [5.74, 6) is 2.31. The van der Waals surface area contributed by atoms with E-state index in [4.69, 9.17) is 19.6 Å². The second-order valence-electron chi connectivity index (χ2n) is 10.2. The zero-order valence-corrected chi connectivity index (χ0v) is 20.8. The quantitative estimate of drug-likeness (QED) is 0.443. The minimum Gasteiger partial charge on any atom is -0.381 e. The first-order chi connectivity index (χ1) is 17.6. The molecule has 1 amide bonds. The zero-order valence-electron chi connectivity index (χ0n) is 20.8. The lowest BCUT2D eigenvalue weighted by molar-refractivity contribution is 0.0699. The number of anilines is 2. The Morgan fingerprint density at radius 3 is 2.64 bits per heavy atom. The summed E-state index contributed by atoms with van der Waals surface area (Å²) in [5, 5.41) is 15.0. The van der Waals surface area contributed by atoms with Crippen LogP contribution >= 0.6 is 0 Å². The topological polar surface area (TPSA) is 102 Å². The van der Waals surface area contributed by atoms with Gasteiger partial charge in [0.2, 0.25) is 0 Å². The van der Waals surface area contributed by atoms with Gasteiger partial charge in [0.15, 0.2) is 5.65 Å². The number of nitrogens with one attached hydrogen (secondary N) is 3. The number of aryl methyl sites for hydroxylation is 1. The van der Waals surface area contributed by atoms with E-state index in [9.17, 15) is 4.79 Å². The molecule has 0 radical (unpaired) electrons. The fourth-order valence-electron chi connectivity index (χ4n) is 5.00. The maximum absolute atomic E-state index is 12.6. The standard InChI is InChI=1S/C27H34N6O3/c1-17-12-19(2-5-22(17)27(34)31-20-3-4-20)23-15-29-33-25(28-14-18-6-9-35-10-7-18)13-24(32-26(23)33)30-21-8-11-36-16-21/h2,5,12-13,15,18,20-21,28H,3-4,6-11,14,16H2,1H3,(H,30,32)(H,31,34). The van der Waals surface area contributed by atoms with Gasteiger partial charge in [-0.15, -0.1) is 0 Å². The number of ether oxygens (including phenoxy) is 2. The molecule has 9 heteroatoms. The van der Waals surface area contributed by atoms with Crippen molar-refractivity contribution in [3.05, 3.63) is 41.6 Å². The van der Waals surface area contributed by atoms with Crippen LogP contribution in [0.15, 0.2) is 30.5 Å². The Hall–Kier alpha value is -3.17. The molecule has 2 aliphatic heterocycles. The maximum Gasteiger partial charge on any atom is 0.251 e. The Kier molecular flexibility index (Phi) is 6.50. The Labute approximate surface area is 211 Å². The number of aromatic nitrogens is 3. The van der Waals surface area contributed by atoms with Crippen LogP contribution in [0.3, 0.4) is 0 Å². The van der Waals surface area contributed by atoms with Crippen molar-refractivity contribution in [3.63, 3.8) is 0 Å². The number of fused-ring (bicyclic) bond motifs is 1. The molecule has 3 fully saturated rings. The summed E-state index contributed by atoms with van der Waals surface area (Å²) in [5.41, 5.74) is 4.38. The van der Waals surface area contributed by atoms with Gasteiger partial charge in [0.05, 0.1) is 18.8 Å². The summed E-state index contributed by atoms with van der Waals surface area (Å²) in [6.45, 7) is 5.96. The third-order valence-corrected chi connectivity index (χ3v) is 7.36. The van der Waals surface area contributed by atoms with Gasteiger partial charge in [0.25, 0.3) is 5.91 Å². The van der Waals surface area contributed by atoms with Gasteiger partial charge in [-0.1, -0.05) is 12.1 Å². The van der Waals surface area contributed by atoms with Gasteiger partial charge >= 0.3 is 0 Å². The molecule has 1 saturated carbocycles. The first-order valence-electron chi connectivity index (χ1n) is 13.1. The van der Waals surface area contributed by atoms with Gasteiger partial charge in [0.1, 0.15) is 11.6 Å². The molecule has 3 N–H and O–H groups in total. The van der Waals surface area contributed by atoms with Crippen molar-refractivity contribution in [1.82, 2.24) is 19.9 Å². The molecule has 2 saturated heterocycles. The summed E-state index contributed by atoms with van der Waals surface area (Å²) in [6, 6.07) is 8.59. The van der Waals surface area contributed by atoms with Crippen LogP contribution in [0.1, 0.15) is 48.0 Å². The minimum absolute atomic E-state index is 0.00408. The third-order valence-electron chi connectivity index (χ3n) is 7.36. The van der Waals surface area contributed by atoms with Gasteiger partial charge in [-0.2, -0.15) is 9.61 Å². The Balaban J connectivity index is 1.31. The van der Waals surface area contributed by atoms with Crippen molar-refractivity contribution < 1.29 is 14.3 Å². The molecule has 3 aromatic rings. The van der Waals surface area contributed by atoms with Crippen LogP contribution < -0.4 is 16.0 Å². The fourth-order valence-corrected chi connectivity index (χ4v) is 5.00. The molecular formula is C27H34N6O3. The number of rotatable bonds is 8. The molecule has 0 bridgehead atoms. The third kappa shape index (κ3) is 5.03. The molecule has 1 atom stereocenters. The number of carbonyl (C=O) groups excluding carboxylic acids is 1. The molecule has 3 aliphatic rings. The number of hydrogen-bond donors (Lipinski definition) is 3. The molecule has 6 rings (SSSR count). The highest BCUT2D eigenvalue weighted by atomic mass is 16.5. The lowest BCUT2D eigenvalue weighted by Crippen LogP contribution is -2.26. The smallest absolute Gasteiger partial charge is 0.251 e. The number of benzene rings is 1. The predicted molar refractivity (Wildman–Crippen MR) is 139 cm³/mol. The monoisotopic (exact) mass is 490 g/mol. The SMILES string of the molecule is Cc1cc(-c2cnn3c(NCC4CCOCC4)cc(NC4CCOC4)nc23)ccc1C(=O)NC1CC1. The van der Waals surface area contributed by atoms with Crippen LogP contribution in [0.25, 0.3) is 16.8 Å². The van der Waals surface area contributed by atoms with Crippen LogP contribution in [0, 0.1) is 12.8 Å². The van der Waals surface area contributed by atoms with E-state index in [0.717, 1.165) is 98.0 Å². The fraction of sp³-hybridized carbons (Fsp3) is 0.519. The van der Waals surface area contributed by atoms with E-state index in [0.29, 0.717) is 18.6 Å². The van der Waals surface area contributed by atoms with Crippen molar-refractivity contribution in [2.75, 3.05) is 43.6 Å². The second kappa shape index (κ2) is 10.1. The molecule has 0 spiro atoms. The minimum atomic E-state index is 0.00408. The van der Waals surface area contributed by atoms with Crippen LogP contribution in [0.4, 0.5) is 11.6 Å². The Morgan fingerprint density at radius 2 is 1.89 bits per heavy atom. The molecular weight excluding hydrogens is 456 g/mol. The van der Waals surface area contributed by atoms with E-state index in [1.807, 2.05) is 35.8 Å². The van der Waals surface area contributed by atoms with E-state index in [1.54, 1.807) is 0 Å². The van der Waals surface area contributed by atoms with Gasteiger partial charge in [-0.05, 0) is 62.1 Å². The van der Waals surface area contributed by atoms with E-state index in [1.165, 1.54) is 0 Å². The number of amides is 1. The lowest BCUT2D eigenvalue weighted by Gasteiger charge is -2.23. The molecule has 2 aromatic heterocycles. The van der Waals surface area contributed by atoms with Crippen molar-refractivity contribution >= 4 is 23.2 Å². The van der Waals surface area contributed by atoms with E-state index in [2.05, 4.69) is 22.0 Å². The molecule has 36 heavy (non-hydrogen) atoms. The number of nitrogens with zero attached hydrogens (tertiary/aromatic N) is 3. The first-order valence-corrected chi connectivity index (χ1v) is 13.1. The van der Waals surface area contributed by atoms with Crippen LogP contribution in [0.2, 0.25) is 0 Å². The van der Waals surface area contributed by atoms with E-state index in [-0.39, 0.29) is 11.9 Å². The van der Waals surface area contributed by atoms with Crippen molar-refractivity contribution in [2.45, 2.75) is 51.1 Å².